The molecule has 0 saturated carbocycles. The fraction of sp³-hybridized carbons (Fsp3) is 0.333. The Morgan fingerprint density at radius 2 is 1.88 bits per heavy atom. The van der Waals surface area contributed by atoms with Crippen LogP contribution in [0.2, 0.25) is 0 Å². The van der Waals surface area contributed by atoms with Crippen molar-refractivity contribution in [1.82, 2.24) is 4.72 Å². The van der Waals surface area contributed by atoms with Gasteiger partial charge in [-0.3, -0.25) is 0 Å². The molecule has 3 rings (SSSR count). The van der Waals surface area contributed by atoms with Gasteiger partial charge in [0.1, 0.15) is 23.9 Å². The van der Waals surface area contributed by atoms with Crippen molar-refractivity contribution in [2.45, 2.75) is 10.9 Å². The topological polar surface area (TPSA) is 83.1 Å². The molecule has 0 bridgehead atoms. The lowest BCUT2D eigenvalue weighted by Gasteiger charge is -2.23. The van der Waals surface area contributed by atoms with Gasteiger partial charge in [0.15, 0.2) is 11.5 Å². The van der Waals surface area contributed by atoms with E-state index in [1.54, 1.807) is 37.4 Å². The number of ether oxygens (including phenoxy) is 4. The largest absolute Gasteiger partial charge is 0.497 e. The van der Waals surface area contributed by atoms with E-state index < -0.39 is 16.1 Å². The van der Waals surface area contributed by atoms with Crippen LogP contribution in [0.1, 0.15) is 11.6 Å². The Morgan fingerprint density at radius 3 is 2.65 bits per heavy atom. The maximum absolute atomic E-state index is 13.0. The van der Waals surface area contributed by atoms with Gasteiger partial charge in [-0.2, -0.15) is 0 Å². The van der Waals surface area contributed by atoms with E-state index in [9.17, 15) is 8.42 Å². The van der Waals surface area contributed by atoms with Crippen LogP contribution < -0.4 is 18.9 Å². The summed E-state index contributed by atoms with van der Waals surface area (Å²) in [6, 6.07) is 11.4. The molecule has 2 aromatic carbocycles. The predicted octanol–water partition coefficient (Wildman–Crippen LogP) is 2.13. The van der Waals surface area contributed by atoms with Crippen molar-refractivity contribution < 1.29 is 27.4 Å². The number of rotatable bonds is 7. The van der Waals surface area contributed by atoms with Crippen molar-refractivity contribution >= 4 is 10.0 Å². The van der Waals surface area contributed by atoms with E-state index in [1.807, 2.05) is 6.07 Å². The van der Waals surface area contributed by atoms with Gasteiger partial charge in [-0.1, -0.05) is 18.2 Å². The molecule has 1 N–H and O–H groups in total. The highest BCUT2D eigenvalue weighted by molar-refractivity contribution is 7.89. The molecule has 1 aliphatic rings. The van der Waals surface area contributed by atoms with Crippen LogP contribution in [0, 0.1) is 0 Å². The number of sulfonamides is 1. The van der Waals surface area contributed by atoms with E-state index in [4.69, 9.17) is 18.9 Å². The molecular formula is C18H21NO6S. The molecule has 0 saturated heterocycles. The summed E-state index contributed by atoms with van der Waals surface area (Å²) in [5.41, 5.74) is 0.733. The summed E-state index contributed by atoms with van der Waals surface area (Å²) in [7, 11) is -0.792. The molecule has 8 heteroatoms. The van der Waals surface area contributed by atoms with Crippen molar-refractivity contribution in [3.63, 3.8) is 0 Å². The minimum absolute atomic E-state index is 0.0405. The molecule has 0 aliphatic carbocycles. The molecule has 0 amide bonds. The summed E-state index contributed by atoms with van der Waals surface area (Å²) in [5.74, 6) is 1.29. The molecule has 140 valence electrons. The minimum atomic E-state index is -3.87. The van der Waals surface area contributed by atoms with Crippen molar-refractivity contribution in [3.05, 3.63) is 48.0 Å². The summed E-state index contributed by atoms with van der Waals surface area (Å²) in [5, 5.41) is 0. The van der Waals surface area contributed by atoms with Gasteiger partial charge in [0.2, 0.25) is 10.0 Å². The Morgan fingerprint density at radius 1 is 1.12 bits per heavy atom. The summed E-state index contributed by atoms with van der Waals surface area (Å²) < 4.78 is 50.1. The standard InChI is InChI=1S/C18H21NO6S/c1-22-12-15(13-5-3-6-14(11-13)23-2)19-26(20,21)17-8-4-7-16-18(17)25-10-9-24-16/h3-8,11,15,19H,9-10,12H2,1-2H3. The van der Waals surface area contributed by atoms with Gasteiger partial charge in [-0.15, -0.1) is 0 Å². The third-order valence-electron chi connectivity index (χ3n) is 3.95. The predicted molar refractivity (Wildman–Crippen MR) is 95.4 cm³/mol. The van der Waals surface area contributed by atoms with Crippen LogP contribution in [0.25, 0.3) is 0 Å². The first kappa shape index (κ1) is 18.5. The number of hydrogen-bond acceptors (Lipinski definition) is 6. The van der Waals surface area contributed by atoms with Gasteiger partial charge in [0, 0.05) is 7.11 Å². The van der Waals surface area contributed by atoms with Crippen LogP contribution >= 0.6 is 0 Å². The maximum Gasteiger partial charge on any atom is 0.245 e. The first-order valence-corrected chi connectivity index (χ1v) is 9.57. The fourth-order valence-electron chi connectivity index (χ4n) is 2.73. The van der Waals surface area contributed by atoms with Crippen LogP contribution in [-0.2, 0) is 14.8 Å². The fourth-order valence-corrected chi connectivity index (χ4v) is 4.10. The summed E-state index contributed by atoms with van der Waals surface area (Å²) in [4.78, 5) is 0.0405. The molecule has 0 aromatic heterocycles. The lowest BCUT2D eigenvalue weighted by atomic mass is 10.1. The monoisotopic (exact) mass is 379 g/mol. The number of para-hydroxylation sites is 1. The van der Waals surface area contributed by atoms with Gasteiger partial charge < -0.3 is 18.9 Å². The zero-order valence-corrected chi connectivity index (χ0v) is 15.4. The first-order chi connectivity index (χ1) is 12.5. The molecule has 1 aliphatic heterocycles. The molecular weight excluding hydrogens is 358 g/mol. The second kappa shape index (κ2) is 7.94. The van der Waals surface area contributed by atoms with E-state index in [0.717, 1.165) is 5.56 Å². The van der Waals surface area contributed by atoms with Crippen LogP contribution in [0.3, 0.4) is 0 Å². The van der Waals surface area contributed by atoms with Crippen LogP contribution in [0.5, 0.6) is 17.2 Å². The number of benzene rings is 2. The van der Waals surface area contributed by atoms with Gasteiger partial charge in [-0.05, 0) is 29.8 Å². The Balaban J connectivity index is 1.93. The molecule has 0 fully saturated rings. The van der Waals surface area contributed by atoms with E-state index >= 15 is 0 Å². The molecule has 1 atom stereocenters. The third-order valence-corrected chi connectivity index (χ3v) is 5.44. The molecule has 0 radical (unpaired) electrons. The highest BCUT2D eigenvalue weighted by Gasteiger charge is 2.28. The Bertz CT molecular complexity index is 868. The van der Waals surface area contributed by atoms with Crippen LogP contribution in [0.15, 0.2) is 47.4 Å². The second-order valence-electron chi connectivity index (χ2n) is 5.69. The normalized spacial score (nSPS) is 14.7. The average Bonchev–Trinajstić information content (AvgIpc) is 2.67. The second-order valence-corrected chi connectivity index (χ2v) is 7.37. The molecule has 7 nitrogen and oxygen atoms in total. The Hall–Kier alpha value is -2.29. The molecule has 26 heavy (non-hydrogen) atoms. The van der Waals surface area contributed by atoms with E-state index in [2.05, 4.69) is 4.72 Å². The number of nitrogens with one attached hydrogen (secondary N) is 1. The number of hydrogen-bond donors (Lipinski definition) is 1. The molecule has 1 heterocycles. The van der Waals surface area contributed by atoms with E-state index in [-0.39, 0.29) is 17.3 Å². The summed E-state index contributed by atoms with van der Waals surface area (Å²) >= 11 is 0. The van der Waals surface area contributed by atoms with Gasteiger partial charge in [0.25, 0.3) is 0 Å². The molecule has 0 spiro atoms. The van der Waals surface area contributed by atoms with Crippen LogP contribution in [-0.4, -0.2) is 42.5 Å². The van der Waals surface area contributed by atoms with Gasteiger partial charge in [0.05, 0.1) is 19.8 Å². The number of fused-ring (bicyclic) bond motifs is 1. The Labute approximate surface area is 152 Å². The third kappa shape index (κ3) is 3.92. The van der Waals surface area contributed by atoms with E-state index in [1.165, 1.54) is 13.2 Å². The zero-order chi connectivity index (χ0) is 18.6. The van der Waals surface area contributed by atoms with Gasteiger partial charge >= 0.3 is 0 Å². The van der Waals surface area contributed by atoms with Crippen molar-refractivity contribution in [3.8, 4) is 17.2 Å². The highest BCUT2D eigenvalue weighted by Crippen LogP contribution is 2.36. The summed E-state index contributed by atoms with van der Waals surface area (Å²) in [6.45, 7) is 0.857. The van der Waals surface area contributed by atoms with Crippen molar-refractivity contribution in [2.24, 2.45) is 0 Å². The smallest absolute Gasteiger partial charge is 0.245 e. The number of methoxy groups -OCH3 is 2. The molecule has 1 unspecified atom stereocenters. The van der Waals surface area contributed by atoms with E-state index in [0.29, 0.717) is 24.7 Å². The average molecular weight is 379 g/mol. The maximum atomic E-state index is 13.0. The zero-order valence-electron chi connectivity index (χ0n) is 14.6. The first-order valence-electron chi connectivity index (χ1n) is 8.09. The lowest BCUT2D eigenvalue weighted by molar-refractivity contribution is 0.166. The van der Waals surface area contributed by atoms with Crippen molar-refractivity contribution in [1.29, 1.82) is 0 Å². The van der Waals surface area contributed by atoms with Crippen LogP contribution in [0.4, 0.5) is 0 Å². The SMILES string of the molecule is COCC(NS(=O)(=O)c1cccc2c1OCCO2)c1cccc(OC)c1. The highest BCUT2D eigenvalue weighted by atomic mass is 32.2. The molecule has 2 aromatic rings. The van der Waals surface area contributed by atoms with Gasteiger partial charge in [-0.25, -0.2) is 13.1 Å². The Kier molecular flexibility index (Phi) is 5.65. The lowest BCUT2D eigenvalue weighted by Crippen LogP contribution is -2.32. The minimum Gasteiger partial charge on any atom is -0.497 e. The quantitative estimate of drug-likeness (QED) is 0.794. The summed E-state index contributed by atoms with van der Waals surface area (Å²) in [6.07, 6.45) is 0. The van der Waals surface area contributed by atoms with Crippen molar-refractivity contribution in [2.75, 3.05) is 34.0 Å².